The molecule has 168 valence electrons. The molecule has 5 heteroatoms. The van der Waals surface area contributed by atoms with Crippen LogP contribution in [-0.2, 0) is 12.0 Å². The van der Waals surface area contributed by atoms with Gasteiger partial charge in [0.1, 0.15) is 5.75 Å². The third-order valence-electron chi connectivity index (χ3n) is 6.19. The lowest BCUT2D eigenvalue weighted by Gasteiger charge is -2.28. The van der Waals surface area contributed by atoms with Crippen molar-refractivity contribution in [3.05, 3.63) is 64.5 Å². The molecule has 0 bridgehead atoms. The molecule has 0 radical (unpaired) electrons. The molecule has 1 unspecified atom stereocenters. The summed E-state index contributed by atoms with van der Waals surface area (Å²) < 4.78 is 10.7. The molecule has 0 fully saturated rings. The summed E-state index contributed by atoms with van der Waals surface area (Å²) in [5.41, 5.74) is 2.70. The number of aryl methyl sites for hydroxylation is 1. The van der Waals surface area contributed by atoms with E-state index in [0.717, 1.165) is 54.8 Å². The molecule has 1 atom stereocenters. The Hall–Kier alpha value is -2.71. The van der Waals surface area contributed by atoms with E-state index in [1.54, 1.807) is 20.3 Å². The minimum absolute atomic E-state index is 0.163. The molecule has 2 aromatic carbocycles. The summed E-state index contributed by atoms with van der Waals surface area (Å²) in [5.74, 6) is 1.71. The average molecular weight is 425 g/mol. The van der Waals surface area contributed by atoms with Crippen LogP contribution in [0.3, 0.4) is 0 Å². The Balaban J connectivity index is 2.00. The van der Waals surface area contributed by atoms with E-state index < -0.39 is 5.54 Å². The van der Waals surface area contributed by atoms with E-state index in [-0.39, 0.29) is 11.7 Å². The summed E-state index contributed by atoms with van der Waals surface area (Å²) in [4.78, 5) is 6.45. The molecule has 0 saturated carbocycles. The molecule has 0 spiro atoms. The number of aromatic hydroxyl groups is 1. The lowest BCUT2D eigenvalue weighted by Crippen LogP contribution is -2.31. The highest BCUT2D eigenvalue weighted by molar-refractivity contribution is 5.42. The number of rotatable bonds is 11. The van der Waals surface area contributed by atoms with Crippen LogP contribution >= 0.6 is 0 Å². The first kappa shape index (κ1) is 24.6. The van der Waals surface area contributed by atoms with Crippen LogP contribution in [0.2, 0.25) is 0 Å². The van der Waals surface area contributed by atoms with Crippen molar-refractivity contribution in [2.45, 2.75) is 45.6 Å². The Morgan fingerprint density at radius 2 is 1.77 bits per heavy atom. The van der Waals surface area contributed by atoms with Crippen LogP contribution in [0.25, 0.3) is 4.85 Å². The predicted octanol–water partition coefficient (Wildman–Crippen LogP) is 5.44. The highest BCUT2D eigenvalue weighted by atomic mass is 16.5. The van der Waals surface area contributed by atoms with E-state index >= 15 is 0 Å². The molecule has 2 aromatic rings. The largest absolute Gasteiger partial charge is 0.504 e. The molecular weight excluding hydrogens is 388 g/mol. The lowest BCUT2D eigenvalue weighted by atomic mass is 9.76. The van der Waals surface area contributed by atoms with Gasteiger partial charge in [-0.2, -0.15) is 0 Å². The molecule has 1 N–H and O–H groups in total. The van der Waals surface area contributed by atoms with E-state index in [2.05, 4.69) is 42.8 Å². The summed E-state index contributed by atoms with van der Waals surface area (Å²) >= 11 is 0. The standard InChI is InChI=1S/C26H36N2O3/c1-19(2)26(27-4,22-11-9-20(3)24(18-22)30-6)14-8-15-28(5)16-13-21-10-12-23(29)25(17-21)31-7/h9-12,17-19,29H,8,13-16H2,1-3,5-7H3. The Kier molecular flexibility index (Phi) is 8.76. The molecule has 0 heterocycles. The quantitative estimate of drug-likeness (QED) is 0.488. The van der Waals surface area contributed by atoms with Crippen molar-refractivity contribution in [3.63, 3.8) is 0 Å². The number of nitrogens with zero attached hydrogens (tertiary/aromatic N) is 2. The zero-order valence-electron chi connectivity index (χ0n) is 19.7. The zero-order chi connectivity index (χ0) is 23.0. The van der Waals surface area contributed by atoms with Crippen molar-refractivity contribution in [1.82, 2.24) is 4.90 Å². The monoisotopic (exact) mass is 424 g/mol. The second kappa shape index (κ2) is 11.1. The molecule has 2 rings (SSSR count). The Bertz CT molecular complexity index is 904. The van der Waals surface area contributed by atoms with Crippen LogP contribution in [0.4, 0.5) is 0 Å². The average Bonchev–Trinajstić information content (AvgIpc) is 2.76. The predicted molar refractivity (Wildman–Crippen MR) is 126 cm³/mol. The summed E-state index contributed by atoms with van der Waals surface area (Å²) in [5, 5.41) is 9.75. The molecule has 5 nitrogen and oxygen atoms in total. The maximum Gasteiger partial charge on any atom is 0.259 e. The van der Waals surface area contributed by atoms with Gasteiger partial charge in [-0.15, -0.1) is 0 Å². The number of ether oxygens (including phenoxy) is 2. The first-order chi connectivity index (χ1) is 14.8. The van der Waals surface area contributed by atoms with Gasteiger partial charge >= 0.3 is 0 Å². The van der Waals surface area contributed by atoms with Gasteiger partial charge in [0.2, 0.25) is 0 Å². The summed E-state index contributed by atoms with van der Waals surface area (Å²) in [6, 6.07) is 11.7. The van der Waals surface area contributed by atoms with E-state index in [4.69, 9.17) is 16.0 Å². The first-order valence-electron chi connectivity index (χ1n) is 10.9. The molecule has 0 saturated heterocycles. The first-order valence-corrected chi connectivity index (χ1v) is 10.9. The molecular formula is C26H36N2O3. The third-order valence-corrected chi connectivity index (χ3v) is 6.19. The van der Waals surface area contributed by atoms with Crippen molar-refractivity contribution < 1.29 is 14.6 Å². The van der Waals surface area contributed by atoms with Crippen LogP contribution in [0.1, 0.15) is 43.4 Å². The third kappa shape index (κ3) is 5.92. The molecule has 0 aliphatic carbocycles. The fourth-order valence-corrected chi connectivity index (χ4v) is 4.03. The SMILES string of the molecule is [C-]#[N+]C(CCCN(C)CCc1ccc(O)c(OC)c1)(c1ccc(C)c(OC)c1)C(C)C. The maximum atomic E-state index is 9.75. The van der Waals surface area contributed by atoms with E-state index in [1.165, 1.54) is 0 Å². The van der Waals surface area contributed by atoms with Gasteiger partial charge in [-0.05, 0) is 62.7 Å². The van der Waals surface area contributed by atoms with Crippen LogP contribution in [0.5, 0.6) is 17.2 Å². The van der Waals surface area contributed by atoms with Gasteiger partial charge in [0.25, 0.3) is 5.54 Å². The molecule has 0 aliphatic rings. The number of methoxy groups -OCH3 is 2. The second-order valence-electron chi connectivity index (χ2n) is 8.54. The van der Waals surface area contributed by atoms with Crippen molar-refractivity contribution in [2.75, 3.05) is 34.4 Å². The summed E-state index contributed by atoms with van der Waals surface area (Å²) in [6.45, 7) is 16.1. The van der Waals surface area contributed by atoms with Crippen LogP contribution in [0.15, 0.2) is 36.4 Å². The number of phenols is 1. The van der Waals surface area contributed by atoms with Gasteiger partial charge in [-0.25, -0.2) is 6.57 Å². The summed E-state index contributed by atoms with van der Waals surface area (Å²) in [7, 11) is 5.36. The van der Waals surface area contributed by atoms with E-state index in [9.17, 15) is 5.11 Å². The Morgan fingerprint density at radius 3 is 2.39 bits per heavy atom. The van der Waals surface area contributed by atoms with Gasteiger partial charge in [0, 0.05) is 24.4 Å². The van der Waals surface area contributed by atoms with Gasteiger partial charge in [-0.3, -0.25) is 0 Å². The van der Waals surface area contributed by atoms with E-state index in [0.29, 0.717) is 5.75 Å². The smallest absolute Gasteiger partial charge is 0.259 e. The highest BCUT2D eigenvalue weighted by Gasteiger charge is 2.42. The Labute approximate surface area is 187 Å². The minimum Gasteiger partial charge on any atom is -0.504 e. The number of hydrogen-bond acceptors (Lipinski definition) is 4. The van der Waals surface area contributed by atoms with Crippen LogP contribution in [-0.4, -0.2) is 44.4 Å². The fraction of sp³-hybridized carbons (Fsp3) is 0.500. The molecule has 0 amide bonds. The maximum absolute atomic E-state index is 9.75. The van der Waals surface area contributed by atoms with Gasteiger partial charge in [0.15, 0.2) is 11.5 Å². The van der Waals surface area contributed by atoms with Crippen molar-refractivity contribution in [3.8, 4) is 17.2 Å². The number of hydrogen-bond donors (Lipinski definition) is 1. The number of likely N-dealkylation sites (N-methyl/N-ethyl adjacent to an activating group) is 1. The number of phenolic OH excluding ortho intramolecular Hbond substituents is 1. The normalized spacial score (nSPS) is 13.1. The molecule has 31 heavy (non-hydrogen) atoms. The van der Waals surface area contributed by atoms with Crippen molar-refractivity contribution in [1.29, 1.82) is 0 Å². The molecule has 0 aromatic heterocycles. The minimum atomic E-state index is -0.549. The van der Waals surface area contributed by atoms with Gasteiger partial charge in [0.05, 0.1) is 14.2 Å². The lowest BCUT2D eigenvalue weighted by molar-refractivity contribution is 0.287. The highest BCUT2D eigenvalue weighted by Crippen LogP contribution is 2.40. The molecule has 0 aliphatic heterocycles. The zero-order valence-corrected chi connectivity index (χ0v) is 19.7. The van der Waals surface area contributed by atoms with Crippen LogP contribution in [0, 0.1) is 19.4 Å². The van der Waals surface area contributed by atoms with E-state index in [1.807, 2.05) is 25.1 Å². The second-order valence-corrected chi connectivity index (χ2v) is 8.54. The van der Waals surface area contributed by atoms with Crippen LogP contribution < -0.4 is 9.47 Å². The number of benzene rings is 2. The topological polar surface area (TPSA) is 46.3 Å². The van der Waals surface area contributed by atoms with Gasteiger partial charge in [-0.1, -0.05) is 32.0 Å². The Morgan fingerprint density at radius 1 is 1.06 bits per heavy atom. The fourth-order valence-electron chi connectivity index (χ4n) is 4.03. The van der Waals surface area contributed by atoms with Gasteiger partial charge < -0.3 is 24.3 Å². The van der Waals surface area contributed by atoms with Crippen molar-refractivity contribution >= 4 is 0 Å². The summed E-state index contributed by atoms with van der Waals surface area (Å²) in [6.07, 6.45) is 2.62. The van der Waals surface area contributed by atoms with Crippen molar-refractivity contribution in [2.24, 2.45) is 5.92 Å².